The standard InChI is InChI=1S/C16H20N4O2S/c1-12-11-16(18-13(2)17-12)19-23(21,22)15-7-5-14(6-8-15)20-9-3-4-10-20/h5-8,11H,3-4,9-10H2,1-2H3,(H,17,18,19). The zero-order chi connectivity index (χ0) is 16.4. The first-order chi connectivity index (χ1) is 10.9. The molecule has 0 atom stereocenters. The van der Waals surface area contributed by atoms with Crippen molar-refractivity contribution in [2.24, 2.45) is 0 Å². The van der Waals surface area contributed by atoms with Gasteiger partial charge in [-0.1, -0.05) is 0 Å². The summed E-state index contributed by atoms with van der Waals surface area (Å²) in [6, 6.07) is 8.60. The van der Waals surface area contributed by atoms with Gasteiger partial charge in [0.2, 0.25) is 0 Å². The number of anilines is 2. The van der Waals surface area contributed by atoms with Gasteiger partial charge < -0.3 is 4.90 Å². The summed E-state index contributed by atoms with van der Waals surface area (Å²) in [5.41, 5.74) is 1.79. The largest absolute Gasteiger partial charge is 0.372 e. The van der Waals surface area contributed by atoms with Gasteiger partial charge in [-0.15, -0.1) is 0 Å². The highest BCUT2D eigenvalue weighted by Gasteiger charge is 2.17. The van der Waals surface area contributed by atoms with Gasteiger partial charge >= 0.3 is 0 Å². The van der Waals surface area contributed by atoms with Crippen LogP contribution in [0.4, 0.5) is 11.5 Å². The number of nitrogens with one attached hydrogen (secondary N) is 1. The molecule has 23 heavy (non-hydrogen) atoms. The van der Waals surface area contributed by atoms with E-state index < -0.39 is 10.0 Å². The molecule has 1 N–H and O–H groups in total. The van der Waals surface area contributed by atoms with Crippen molar-refractivity contribution in [2.45, 2.75) is 31.6 Å². The normalized spacial score (nSPS) is 15.0. The van der Waals surface area contributed by atoms with Gasteiger partial charge in [0.15, 0.2) is 0 Å². The number of hydrogen-bond acceptors (Lipinski definition) is 5. The third kappa shape index (κ3) is 3.61. The Morgan fingerprint density at radius 2 is 1.70 bits per heavy atom. The highest BCUT2D eigenvalue weighted by atomic mass is 32.2. The topological polar surface area (TPSA) is 75.2 Å². The predicted molar refractivity (Wildman–Crippen MR) is 90.2 cm³/mol. The van der Waals surface area contributed by atoms with Crippen LogP contribution in [0.2, 0.25) is 0 Å². The minimum atomic E-state index is -3.65. The molecule has 7 heteroatoms. The van der Waals surface area contributed by atoms with E-state index in [0.29, 0.717) is 11.6 Å². The average molecular weight is 332 g/mol. The van der Waals surface area contributed by atoms with E-state index in [1.165, 1.54) is 12.8 Å². The van der Waals surface area contributed by atoms with Gasteiger partial charge in [-0.2, -0.15) is 0 Å². The smallest absolute Gasteiger partial charge is 0.263 e. The summed E-state index contributed by atoms with van der Waals surface area (Å²) in [5.74, 6) is 0.825. The van der Waals surface area contributed by atoms with Crippen molar-refractivity contribution in [1.82, 2.24) is 9.97 Å². The number of hydrogen-bond donors (Lipinski definition) is 1. The Bertz CT molecular complexity index is 777. The molecule has 6 nitrogen and oxygen atoms in total. The van der Waals surface area contributed by atoms with Gasteiger partial charge in [-0.05, 0) is 51.0 Å². The fourth-order valence-corrected chi connectivity index (χ4v) is 3.77. The van der Waals surface area contributed by atoms with Crippen LogP contribution in [0.25, 0.3) is 0 Å². The van der Waals surface area contributed by atoms with Crippen molar-refractivity contribution in [3.05, 3.63) is 41.9 Å². The Labute approximate surface area is 136 Å². The highest BCUT2D eigenvalue weighted by Crippen LogP contribution is 2.23. The molecule has 0 radical (unpaired) electrons. The molecule has 1 fully saturated rings. The Hall–Kier alpha value is -2.15. The fourth-order valence-electron chi connectivity index (χ4n) is 2.78. The fraction of sp³-hybridized carbons (Fsp3) is 0.375. The number of rotatable bonds is 4. The van der Waals surface area contributed by atoms with Crippen molar-refractivity contribution >= 4 is 21.5 Å². The molecular formula is C16H20N4O2S. The minimum Gasteiger partial charge on any atom is -0.372 e. The third-order valence-electron chi connectivity index (χ3n) is 3.82. The second kappa shape index (κ2) is 6.16. The molecular weight excluding hydrogens is 312 g/mol. The van der Waals surface area contributed by atoms with E-state index in [0.717, 1.165) is 24.5 Å². The first-order valence-corrected chi connectivity index (χ1v) is 9.12. The molecule has 0 amide bonds. The summed E-state index contributed by atoms with van der Waals surface area (Å²) < 4.78 is 27.5. The van der Waals surface area contributed by atoms with E-state index >= 15 is 0 Å². The summed E-state index contributed by atoms with van der Waals surface area (Å²) in [4.78, 5) is 10.8. The molecule has 1 saturated heterocycles. The van der Waals surface area contributed by atoms with E-state index in [9.17, 15) is 8.42 Å². The first kappa shape index (κ1) is 15.7. The first-order valence-electron chi connectivity index (χ1n) is 7.64. The monoisotopic (exact) mass is 332 g/mol. The Balaban J connectivity index is 1.81. The van der Waals surface area contributed by atoms with Crippen molar-refractivity contribution in [1.29, 1.82) is 0 Å². The van der Waals surface area contributed by atoms with E-state index in [-0.39, 0.29) is 4.90 Å². The van der Waals surface area contributed by atoms with Crippen molar-refractivity contribution in [3.8, 4) is 0 Å². The lowest BCUT2D eigenvalue weighted by Gasteiger charge is -2.17. The SMILES string of the molecule is Cc1cc(NS(=O)(=O)c2ccc(N3CCCC3)cc2)nc(C)n1. The average Bonchev–Trinajstić information content (AvgIpc) is 3.00. The van der Waals surface area contributed by atoms with Gasteiger partial charge in [0.05, 0.1) is 4.90 Å². The van der Waals surface area contributed by atoms with Crippen LogP contribution in [0.5, 0.6) is 0 Å². The quantitative estimate of drug-likeness (QED) is 0.931. The molecule has 0 unspecified atom stereocenters. The van der Waals surface area contributed by atoms with E-state index in [1.807, 2.05) is 12.1 Å². The molecule has 3 rings (SSSR count). The van der Waals surface area contributed by atoms with Crippen LogP contribution in [0.15, 0.2) is 35.2 Å². The lowest BCUT2D eigenvalue weighted by atomic mass is 10.3. The van der Waals surface area contributed by atoms with Crippen LogP contribution in [-0.4, -0.2) is 31.5 Å². The van der Waals surface area contributed by atoms with Crippen LogP contribution >= 0.6 is 0 Å². The molecule has 1 aliphatic rings. The zero-order valence-electron chi connectivity index (χ0n) is 13.3. The van der Waals surface area contributed by atoms with Crippen LogP contribution in [0.3, 0.4) is 0 Å². The summed E-state index contributed by atoms with van der Waals surface area (Å²) in [6.07, 6.45) is 2.38. The molecule has 0 saturated carbocycles. The minimum absolute atomic E-state index is 0.231. The molecule has 0 aliphatic carbocycles. The molecule has 1 aromatic carbocycles. The zero-order valence-corrected chi connectivity index (χ0v) is 14.1. The number of aromatic nitrogens is 2. The van der Waals surface area contributed by atoms with Crippen LogP contribution in [-0.2, 0) is 10.0 Å². The highest BCUT2D eigenvalue weighted by molar-refractivity contribution is 7.92. The molecule has 0 spiro atoms. The van der Waals surface area contributed by atoms with E-state index in [2.05, 4.69) is 19.6 Å². The maximum atomic E-state index is 12.5. The van der Waals surface area contributed by atoms with Crippen molar-refractivity contribution in [3.63, 3.8) is 0 Å². The predicted octanol–water partition coefficient (Wildman–Crippen LogP) is 2.49. The Kier molecular flexibility index (Phi) is 4.21. The van der Waals surface area contributed by atoms with Gasteiger partial charge in [0.25, 0.3) is 10.0 Å². The molecule has 2 heterocycles. The molecule has 2 aromatic rings. The van der Waals surface area contributed by atoms with Gasteiger partial charge in [-0.3, -0.25) is 4.72 Å². The molecule has 122 valence electrons. The van der Waals surface area contributed by atoms with E-state index in [4.69, 9.17) is 0 Å². The Morgan fingerprint density at radius 1 is 1.04 bits per heavy atom. The Morgan fingerprint density at radius 3 is 2.30 bits per heavy atom. The number of sulfonamides is 1. The summed E-state index contributed by atoms with van der Waals surface area (Å²) in [7, 11) is -3.65. The lowest BCUT2D eigenvalue weighted by molar-refractivity contribution is 0.601. The lowest BCUT2D eigenvalue weighted by Crippen LogP contribution is -2.18. The summed E-state index contributed by atoms with van der Waals surface area (Å²) >= 11 is 0. The van der Waals surface area contributed by atoms with Crippen LogP contribution in [0.1, 0.15) is 24.4 Å². The van der Waals surface area contributed by atoms with Gasteiger partial charge in [0.1, 0.15) is 11.6 Å². The van der Waals surface area contributed by atoms with Crippen LogP contribution < -0.4 is 9.62 Å². The molecule has 1 aromatic heterocycles. The number of benzene rings is 1. The maximum Gasteiger partial charge on any atom is 0.263 e. The van der Waals surface area contributed by atoms with Crippen LogP contribution in [0, 0.1) is 13.8 Å². The second-order valence-corrected chi connectivity index (χ2v) is 7.42. The van der Waals surface area contributed by atoms with Gasteiger partial charge in [-0.25, -0.2) is 18.4 Å². The number of nitrogens with zero attached hydrogens (tertiary/aromatic N) is 3. The summed E-state index contributed by atoms with van der Waals surface area (Å²) in [5, 5.41) is 0. The molecule has 0 bridgehead atoms. The molecule has 1 aliphatic heterocycles. The van der Waals surface area contributed by atoms with E-state index in [1.54, 1.807) is 32.0 Å². The van der Waals surface area contributed by atoms with Gasteiger partial charge in [0, 0.05) is 30.5 Å². The summed E-state index contributed by atoms with van der Waals surface area (Å²) in [6.45, 7) is 5.60. The number of aryl methyl sites for hydroxylation is 2. The van der Waals surface area contributed by atoms with Crippen molar-refractivity contribution in [2.75, 3.05) is 22.7 Å². The maximum absolute atomic E-state index is 12.5. The second-order valence-electron chi connectivity index (χ2n) is 5.74. The van der Waals surface area contributed by atoms with Crippen molar-refractivity contribution < 1.29 is 8.42 Å². The third-order valence-corrected chi connectivity index (χ3v) is 5.19.